The number of aromatic nitrogens is 1. The Labute approximate surface area is 296 Å². The van der Waals surface area contributed by atoms with Crippen LogP contribution in [0.4, 0.5) is 0 Å². The summed E-state index contributed by atoms with van der Waals surface area (Å²) in [6.07, 6.45) is 1.66. The number of rotatable bonds is 11. The van der Waals surface area contributed by atoms with Gasteiger partial charge in [-0.15, -0.1) is 0 Å². The number of benzene rings is 4. The van der Waals surface area contributed by atoms with E-state index in [2.05, 4.69) is 87.2 Å². The fourth-order valence-corrected chi connectivity index (χ4v) is 6.18. The number of esters is 1. The topological polar surface area (TPSA) is 106 Å². The van der Waals surface area contributed by atoms with E-state index < -0.39 is 17.9 Å². The van der Waals surface area contributed by atoms with Gasteiger partial charge in [-0.25, -0.2) is 10.2 Å². The Balaban J connectivity index is 1.26. The highest BCUT2D eigenvalue weighted by Gasteiger charge is 2.32. The zero-order chi connectivity index (χ0) is 35.0. The Bertz CT molecular complexity index is 2070. The first kappa shape index (κ1) is 33.9. The molecule has 0 unspecified atom stereocenters. The number of aryl methyl sites for hydroxylation is 1. The maximum absolute atomic E-state index is 13.1. The molecule has 3 N–H and O–H groups in total. The largest absolute Gasteiger partial charge is 0.483 e. The van der Waals surface area contributed by atoms with E-state index in [1.807, 2.05) is 48.5 Å². The molecule has 1 aliphatic heterocycles. The molecule has 6 rings (SSSR count). The molecule has 0 saturated carbocycles. The van der Waals surface area contributed by atoms with Gasteiger partial charge < -0.3 is 24.7 Å². The standard InChI is InChI=1S/C40H37N5O4S/c1-4-48-39(47)36-27(3)42-40(50)43-37(36)32-17-11-12-18-34(32)49-25-35(46)44-41-24-30-23-33(28-13-7-5-8-14-28)45(31-21-19-26(2)20-22-31)38(30)29-15-9-6-10-16-29/h5-24,37H,4,25H2,1-3H3,(H,44,46)(H2,42,43,50)/t37-/m0/s1. The third-order valence-electron chi connectivity index (χ3n) is 8.19. The zero-order valence-corrected chi connectivity index (χ0v) is 28.8. The van der Waals surface area contributed by atoms with Crippen molar-refractivity contribution in [2.45, 2.75) is 26.8 Å². The number of hydrazone groups is 1. The minimum Gasteiger partial charge on any atom is -0.483 e. The van der Waals surface area contributed by atoms with Crippen molar-refractivity contribution in [3.8, 4) is 34.0 Å². The van der Waals surface area contributed by atoms with Gasteiger partial charge in [-0.1, -0.05) is 96.6 Å². The second kappa shape index (κ2) is 15.5. The van der Waals surface area contributed by atoms with Gasteiger partial charge in [0.1, 0.15) is 5.75 Å². The lowest BCUT2D eigenvalue weighted by Gasteiger charge is -2.30. The van der Waals surface area contributed by atoms with E-state index in [0.29, 0.717) is 27.7 Å². The number of nitrogens with zero attached hydrogens (tertiary/aromatic N) is 2. The summed E-state index contributed by atoms with van der Waals surface area (Å²) in [6.45, 7) is 5.49. The molecular weight excluding hydrogens is 647 g/mol. The number of carbonyl (C=O) groups is 2. The molecule has 1 atom stereocenters. The summed E-state index contributed by atoms with van der Waals surface area (Å²) in [6, 6.07) is 37.3. The lowest BCUT2D eigenvalue weighted by atomic mass is 9.95. The number of thiocarbonyl (C=S) groups is 1. The fourth-order valence-electron chi connectivity index (χ4n) is 5.91. The molecule has 4 aromatic carbocycles. The van der Waals surface area contributed by atoms with Crippen molar-refractivity contribution in [2.24, 2.45) is 5.10 Å². The molecule has 0 bridgehead atoms. The Hall–Kier alpha value is -6.00. The van der Waals surface area contributed by atoms with Gasteiger partial charge in [0.05, 0.1) is 35.8 Å². The molecule has 0 fully saturated rings. The molecule has 50 heavy (non-hydrogen) atoms. The molecule has 0 radical (unpaired) electrons. The van der Waals surface area contributed by atoms with Gasteiger partial charge in [0.15, 0.2) is 11.7 Å². The smallest absolute Gasteiger partial charge is 0.338 e. The van der Waals surface area contributed by atoms with Crippen molar-refractivity contribution in [3.05, 3.63) is 143 Å². The van der Waals surface area contributed by atoms with Crippen molar-refractivity contribution >= 4 is 35.4 Å². The highest BCUT2D eigenvalue weighted by Crippen LogP contribution is 2.36. The van der Waals surface area contributed by atoms with Crippen LogP contribution >= 0.6 is 12.2 Å². The number of ether oxygens (including phenoxy) is 2. The number of nitrogens with one attached hydrogen (secondary N) is 3. The lowest BCUT2D eigenvalue weighted by molar-refractivity contribution is -0.139. The van der Waals surface area contributed by atoms with E-state index in [1.165, 1.54) is 5.56 Å². The quantitative estimate of drug-likeness (QED) is 0.0596. The summed E-state index contributed by atoms with van der Waals surface area (Å²) in [5.41, 5.74) is 11.2. The zero-order valence-electron chi connectivity index (χ0n) is 28.0. The number of hydrogen-bond acceptors (Lipinski definition) is 6. The number of hydrogen-bond donors (Lipinski definition) is 3. The monoisotopic (exact) mass is 683 g/mol. The van der Waals surface area contributed by atoms with Crippen LogP contribution in [-0.4, -0.2) is 41.0 Å². The van der Waals surface area contributed by atoms with Crippen LogP contribution in [-0.2, 0) is 14.3 Å². The number of allylic oxidation sites excluding steroid dienone is 1. The van der Waals surface area contributed by atoms with Crippen molar-refractivity contribution in [3.63, 3.8) is 0 Å². The van der Waals surface area contributed by atoms with E-state index in [9.17, 15) is 9.59 Å². The van der Waals surface area contributed by atoms with Crippen LogP contribution in [0.3, 0.4) is 0 Å². The second-order valence-corrected chi connectivity index (χ2v) is 12.1. The molecule has 9 nitrogen and oxygen atoms in total. The van der Waals surface area contributed by atoms with Gasteiger partial charge in [-0.3, -0.25) is 4.79 Å². The maximum atomic E-state index is 13.1. The molecule has 1 aromatic heterocycles. The minimum absolute atomic E-state index is 0.225. The van der Waals surface area contributed by atoms with Crippen LogP contribution in [0.2, 0.25) is 0 Å². The normalized spacial score (nSPS) is 14.2. The molecule has 0 spiro atoms. The Kier molecular flexibility index (Phi) is 10.5. The highest BCUT2D eigenvalue weighted by atomic mass is 32.1. The number of amides is 1. The van der Waals surface area contributed by atoms with Gasteiger partial charge >= 0.3 is 5.97 Å². The molecule has 0 saturated heterocycles. The molecule has 5 aromatic rings. The van der Waals surface area contributed by atoms with E-state index in [1.54, 1.807) is 32.2 Å². The Morgan fingerprint density at radius 2 is 1.56 bits per heavy atom. The van der Waals surface area contributed by atoms with Gasteiger partial charge in [-0.2, -0.15) is 5.10 Å². The van der Waals surface area contributed by atoms with Crippen molar-refractivity contribution < 1.29 is 19.1 Å². The predicted molar refractivity (Wildman–Crippen MR) is 200 cm³/mol. The molecule has 10 heteroatoms. The molecule has 252 valence electrons. The van der Waals surface area contributed by atoms with Gasteiger partial charge in [0.25, 0.3) is 5.91 Å². The van der Waals surface area contributed by atoms with E-state index in [0.717, 1.165) is 33.8 Å². The van der Waals surface area contributed by atoms with Crippen molar-refractivity contribution in [2.75, 3.05) is 13.2 Å². The molecule has 1 aliphatic rings. The molecule has 1 amide bonds. The van der Waals surface area contributed by atoms with Crippen LogP contribution in [0.1, 0.15) is 36.6 Å². The fraction of sp³-hybridized carbons (Fsp3) is 0.150. The first-order valence-electron chi connectivity index (χ1n) is 16.3. The summed E-state index contributed by atoms with van der Waals surface area (Å²) < 4.78 is 13.5. The van der Waals surface area contributed by atoms with Crippen LogP contribution in [0, 0.1) is 6.92 Å². The highest BCUT2D eigenvalue weighted by molar-refractivity contribution is 7.80. The Morgan fingerprint density at radius 1 is 0.900 bits per heavy atom. The maximum Gasteiger partial charge on any atom is 0.338 e. The predicted octanol–water partition coefficient (Wildman–Crippen LogP) is 7.00. The Morgan fingerprint density at radius 3 is 2.26 bits per heavy atom. The molecule has 0 aliphatic carbocycles. The van der Waals surface area contributed by atoms with Crippen LogP contribution in [0.5, 0.6) is 5.75 Å². The van der Waals surface area contributed by atoms with Crippen LogP contribution in [0.25, 0.3) is 28.2 Å². The molecular formula is C40H37N5O4S. The third-order valence-corrected chi connectivity index (χ3v) is 8.41. The summed E-state index contributed by atoms with van der Waals surface area (Å²) in [5, 5.41) is 10.9. The van der Waals surface area contributed by atoms with Crippen molar-refractivity contribution in [1.82, 2.24) is 20.6 Å². The van der Waals surface area contributed by atoms with Crippen molar-refractivity contribution in [1.29, 1.82) is 0 Å². The second-order valence-electron chi connectivity index (χ2n) is 11.6. The van der Waals surface area contributed by atoms with Gasteiger partial charge in [-0.05, 0) is 68.4 Å². The van der Waals surface area contributed by atoms with E-state index in [4.69, 9.17) is 21.7 Å². The molecule has 2 heterocycles. The SMILES string of the molecule is CCOC(=O)C1=C(C)NC(=S)N[C@H]1c1ccccc1OCC(=O)NN=Cc1cc(-c2ccccc2)n(-c2ccc(C)cc2)c1-c1ccccc1. The van der Waals surface area contributed by atoms with Crippen LogP contribution < -0.4 is 20.8 Å². The lowest BCUT2D eigenvalue weighted by Crippen LogP contribution is -2.45. The van der Waals surface area contributed by atoms with E-state index >= 15 is 0 Å². The first-order valence-corrected chi connectivity index (χ1v) is 16.7. The van der Waals surface area contributed by atoms with Gasteiger partial charge in [0, 0.05) is 22.5 Å². The summed E-state index contributed by atoms with van der Waals surface area (Å²) in [4.78, 5) is 26.0. The first-order chi connectivity index (χ1) is 24.3. The van der Waals surface area contributed by atoms with Crippen LogP contribution in [0.15, 0.2) is 132 Å². The average Bonchev–Trinajstić information content (AvgIpc) is 3.51. The van der Waals surface area contributed by atoms with E-state index in [-0.39, 0.29) is 13.2 Å². The van der Waals surface area contributed by atoms with Gasteiger partial charge in [0.2, 0.25) is 0 Å². The third kappa shape index (κ3) is 7.50. The number of carbonyl (C=O) groups excluding carboxylic acids is 2. The summed E-state index contributed by atoms with van der Waals surface area (Å²) in [5.74, 6) is -0.511. The number of para-hydroxylation sites is 1. The average molecular weight is 684 g/mol. The minimum atomic E-state index is -0.632. The summed E-state index contributed by atoms with van der Waals surface area (Å²) >= 11 is 5.38. The summed E-state index contributed by atoms with van der Waals surface area (Å²) in [7, 11) is 0.